The van der Waals surface area contributed by atoms with Crippen LogP contribution in [0, 0.1) is 22.5 Å². The Hall–Kier alpha value is -2.37. The highest BCUT2D eigenvalue weighted by molar-refractivity contribution is 7.16. The molecule has 0 bridgehead atoms. The van der Waals surface area contributed by atoms with E-state index in [4.69, 9.17) is 41.2 Å². The van der Waals surface area contributed by atoms with E-state index in [1.165, 1.54) is 12.1 Å². The zero-order chi connectivity index (χ0) is 19.7. The maximum Gasteiger partial charge on any atom is 0.286 e. The van der Waals surface area contributed by atoms with Crippen molar-refractivity contribution in [2.24, 2.45) is 4.99 Å². The smallest absolute Gasteiger partial charge is 0.286 e. The number of carbonyl (C=O) groups is 1. The highest BCUT2D eigenvalue weighted by Crippen LogP contribution is 2.30. The molecule has 0 spiro atoms. The molecule has 0 N–H and O–H groups in total. The van der Waals surface area contributed by atoms with Gasteiger partial charge in [-0.1, -0.05) is 52.1 Å². The highest BCUT2D eigenvalue weighted by atomic mass is 35.5. The van der Waals surface area contributed by atoms with Crippen LogP contribution in [0.25, 0.3) is 10.2 Å². The van der Waals surface area contributed by atoms with Gasteiger partial charge in [0, 0.05) is 16.1 Å². The van der Waals surface area contributed by atoms with E-state index in [0.29, 0.717) is 20.3 Å². The first kappa shape index (κ1) is 19.4. The van der Waals surface area contributed by atoms with E-state index in [0.717, 1.165) is 17.4 Å². The Balaban J connectivity index is 2.25. The second kappa shape index (κ2) is 7.71. The van der Waals surface area contributed by atoms with Crippen molar-refractivity contribution in [2.45, 2.75) is 6.54 Å². The molecule has 1 heterocycles. The quantitative estimate of drug-likeness (QED) is 0.328. The number of aromatic nitrogens is 1. The fourth-order valence-corrected chi connectivity index (χ4v) is 4.42. The van der Waals surface area contributed by atoms with Gasteiger partial charge >= 0.3 is 0 Å². The van der Waals surface area contributed by atoms with E-state index in [1.807, 2.05) is 0 Å². The number of amides is 1. The predicted octanol–water partition coefficient (Wildman–Crippen LogP) is 4.95. The number of thiazole rings is 1. The number of rotatable bonds is 3. The lowest BCUT2D eigenvalue weighted by molar-refractivity contribution is -0.385. The van der Waals surface area contributed by atoms with Crippen LogP contribution in [0.1, 0.15) is 10.4 Å². The normalized spacial score (nSPS) is 11.6. The number of nitrogens with zero attached hydrogens (tertiary/aromatic N) is 3. The van der Waals surface area contributed by atoms with Crippen LogP contribution < -0.4 is 4.80 Å². The first-order valence-corrected chi connectivity index (χ1v) is 9.21. The molecule has 0 saturated carbocycles. The predicted molar refractivity (Wildman–Crippen MR) is 107 cm³/mol. The second-order valence-electron chi connectivity index (χ2n) is 5.24. The van der Waals surface area contributed by atoms with Gasteiger partial charge in [-0.2, -0.15) is 4.99 Å². The Bertz CT molecular complexity index is 1210. The van der Waals surface area contributed by atoms with Crippen molar-refractivity contribution in [1.29, 1.82) is 0 Å². The lowest BCUT2D eigenvalue weighted by Gasteiger charge is -2.03. The van der Waals surface area contributed by atoms with Crippen molar-refractivity contribution in [3.63, 3.8) is 0 Å². The van der Waals surface area contributed by atoms with Gasteiger partial charge in [0.2, 0.25) is 0 Å². The number of fused-ring (bicyclic) bond motifs is 1. The summed E-state index contributed by atoms with van der Waals surface area (Å²) in [5.41, 5.74) is -0.0312. The Morgan fingerprint density at radius 1 is 1.26 bits per heavy atom. The van der Waals surface area contributed by atoms with Gasteiger partial charge in [-0.05, 0) is 24.3 Å². The van der Waals surface area contributed by atoms with E-state index in [2.05, 4.69) is 10.9 Å². The fraction of sp³-hybridized carbons (Fsp3) is 0.0588. The third-order valence-electron chi connectivity index (χ3n) is 3.53. The van der Waals surface area contributed by atoms with E-state index in [1.54, 1.807) is 16.7 Å². The first-order chi connectivity index (χ1) is 12.8. The molecule has 136 valence electrons. The molecular weight excluding hydrogens is 433 g/mol. The average molecular weight is 441 g/mol. The number of carbonyl (C=O) groups excluding carboxylic acids is 1. The van der Waals surface area contributed by atoms with Gasteiger partial charge in [0.15, 0.2) is 4.80 Å². The second-order valence-corrected chi connectivity index (χ2v) is 7.53. The minimum absolute atomic E-state index is 0.102. The van der Waals surface area contributed by atoms with E-state index >= 15 is 0 Å². The largest absolute Gasteiger partial charge is 0.303 e. The third-order valence-corrected chi connectivity index (χ3v) is 5.29. The Kier molecular flexibility index (Phi) is 5.53. The standard InChI is InChI=1S/C17H8Cl3N3O3S/c1-2-5-22-15-12(20)7-10(19)8-14(15)27-17(22)21-16(24)11-6-9(18)3-4-13(11)23(25)26/h1,3-4,6-8H,5H2. The van der Waals surface area contributed by atoms with Crippen LogP contribution >= 0.6 is 46.1 Å². The van der Waals surface area contributed by atoms with Crippen molar-refractivity contribution in [1.82, 2.24) is 4.57 Å². The summed E-state index contributed by atoms with van der Waals surface area (Å²) in [6.07, 6.45) is 5.42. The van der Waals surface area contributed by atoms with Crippen LogP contribution in [0.5, 0.6) is 0 Å². The molecule has 0 aliphatic carbocycles. The number of hydrogen-bond acceptors (Lipinski definition) is 4. The summed E-state index contributed by atoms with van der Waals surface area (Å²) in [7, 11) is 0. The van der Waals surface area contributed by atoms with Crippen molar-refractivity contribution < 1.29 is 9.72 Å². The molecule has 0 saturated heterocycles. The molecule has 0 atom stereocenters. The van der Waals surface area contributed by atoms with E-state index < -0.39 is 10.8 Å². The number of nitro benzene ring substituents is 1. The first-order valence-electron chi connectivity index (χ1n) is 7.26. The topological polar surface area (TPSA) is 77.5 Å². The Morgan fingerprint density at radius 3 is 2.67 bits per heavy atom. The zero-order valence-electron chi connectivity index (χ0n) is 13.3. The molecule has 0 radical (unpaired) electrons. The van der Waals surface area contributed by atoms with E-state index in [-0.39, 0.29) is 27.6 Å². The van der Waals surface area contributed by atoms with E-state index in [9.17, 15) is 14.9 Å². The lowest BCUT2D eigenvalue weighted by atomic mass is 10.2. The minimum atomic E-state index is -0.816. The number of nitro groups is 1. The van der Waals surface area contributed by atoms with Crippen LogP contribution in [0.3, 0.4) is 0 Å². The van der Waals surface area contributed by atoms with Gasteiger partial charge in [-0.15, -0.1) is 6.42 Å². The van der Waals surface area contributed by atoms with Gasteiger partial charge in [-0.3, -0.25) is 14.9 Å². The summed E-state index contributed by atoms with van der Waals surface area (Å²) < 4.78 is 2.25. The molecule has 1 amide bonds. The number of hydrogen-bond donors (Lipinski definition) is 0. The van der Waals surface area contributed by atoms with Crippen LogP contribution in [-0.2, 0) is 6.54 Å². The maximum absolute atomic E-state index is 12.6. The third kappa shape index (κ3) is 3.84. The van der Waals surface area contributed by atoms with Gasteiger partial charge in [0.1, 0.15) is 5.56 Å². The van der Waals surface area contributed by atoms with Crippen LogP contribution in [0.4, 0.5) is 5.69 Å². The van der Waals surface area contributed by atoms with Gasteiger partial charge in [-0.25, -0.2) is 0 Å². The molecular formula is C17H8Cl3N3O3S. The molecule has 3 rings (SSSR count). The molecule has 27 heavy (non-hydrogen) atoms. The molecule has 6 nitrogen and oxygen atoms in total. The van der Waals surface area contributed by atoms with Gasteiger partial charge in [0.05, 0.1) is 26.7 Å². The summed E-state index contributed by atoms with van der Waals surface area (Å²) in [6, 6.07) is 6.91. The summed E-state index contributed by atoms with van der Waals surface area (Å²) >= 11 is 19.3. The fourth-order valence-electron chi connectivity index (χ4n) is 2.44. The summed E-state index contributed by atoms with van der Waals surface area (Å²) in [5, 5.41) is 12.1. The molecule has 0 fully saturated rings. The minimum Gasteiger partial charge on any atom is -0.303 e. The van der Waals surface area contributed by atoms with Crippen LogP contribution in [-0.4, -0.2) is 15.4 Å². The zero-order valence-corrected chi connectivity index (χ0v) is 16.4. The SMILES string of the molecule is C#CCn1c(=NC(=O)c2cc(Cl)ccc2[N+](=O)[O-])sc2cc(Cl)cc(Cl)c21. The van der Waals surface area contributed by atoms with Crippen molar-refractivity contribution >= 4 is 68.0 Å². The molecule has 10 heteroatoms. The molecule has 3 aromatic rings. The summed E-state index contributed by atoms with van der Waals surface area (Å²) in [4.78, 5) is 27.4. The maximum atomic E-state index is 12.6. The van der Waals surface area contributed by atoms with Crippen LogP contribution in [0.15, 0.2) is 35.3 Å². The number of benzene rings is 2. The Morgan fingerprint density at radius 2 is 2.00 bits per heavy atom. The molecule has 0 aliphatic heterocycles. The molecule has 0 unspecified atom stereocenters. The monoisotopic (exact) mass is 439 g/mol. The average Bonchev–Trinajstić information content (AvgIpc) is 2.92. The van der Waals surface area contributed by atoms with Crippen molar-refractivity contribution in [3.05, 3.63) is 65.9 Å². The van der Waals surface area contributed by atoms with Gasteiger partial charge < -0.3 is 4.57 Å². The summed E-state index contributed by atoms with van der Waals surface area (Å²) in [6.45, 7) is 0.102. The van der Waals surface area contributed by atoms with Crippen LogP contribution in [0.2, 0.25) is 15.1 Å². The number of halogens is 3. The van der Waals surface area contributed by atoms with Crippen molar-refractivity contribution in [3.8, 4) is 12.3 Å². The molecule has 2 aromatic carbocycles. The Labute approximate surface area is 171 Å². The lowest BCUT2D eigenvalue weighted by Crippen LogP contribution is -2.17. The number of terminal acetylenes is 1. The highest BCUT2D eigenvalue weighted by Gasteiger charge is 2.21. The summed E-state index contributed by atoms with van der Waals surface area (Å²) in [5.74, 6) is 1.66. The molecule has 0 aliphatic rings. The van der Waals surface area contributed by atoms with Crippen molar-refractivity contribution in [2.75, 3.05) is 0 Å². The van der Waals surface area contributed by atoms with Gasteiger partial charge in [0.25, 0.3) is 11.6 Å². The molecule has 1 aromatic heterocycles.